The van der Waals surface area contributed by atoms with E-state index < -0.39 is 0 Å². The standard InChI is InChI=1S/C14H22N2OS/c1-10(2)16-14(17)9-18-13-7-5-6-12(8-13)11(3)15-4/h5-8,10-11,15H,9H2,1-4H3,(H,16,17). The van der Waals surface area contributed by atoms with Crippen molar-refractivity contribution in [3.8, 4) is 0 Å². The molecule has 2 N–H and O–H groups in total. The van der Waals surface area contributed by atoms with Crippen LogP contribution in [0.4, 0.5) is 0 Å². The van der Waals surface area contributed by atoms with Crippen LogP contribution in [0.3, 0.4) is 0 Å². The minimum absolute atomic E-state index is 0.0852. The van der Waals surface area contributed by atoms with Crippen LogP contribution in [-0.4, -0.2) is 24.7 Å². The van der Waals surface area contributed by atoms with Gasteiger partial charge in [0.05, 0.1) is 5.75 Å². The zero-order valence-corrected chi connectivity index (χ0v) is 12.3. The SMILES string of the molecule is CNC(C)c1cccc(SCC(=O)NC(C)C)c1. The zero-order valence-electron chi connectivity index (χ0n) is 11.5. The lowest BCUT2D eigenvalue weighted by molar-refractivity contribution is -0.119. The molecule has 1 rings (SSSR count). The second-order valence-electron chi connectivity index (χ2n) is 4.59. The van der Waals surface area contributed by atoms with Gasteiger partial charge in [0.15, 0.2) is 0 Å². The Labute approximate surface area is 114 Å². The lowest BCUT2D eigenvalue weighted by Crippen LogP contribution is -2.31. The van der Waals surface area contributed by atoms with Crippen molar-refractivity contribution in [2.45, 2.75) is 37.8 Å². The minimum Gasteiger partial charge on any atom is -0.353 e. The molecular weight excluding hydrogens is 244 g/mol. The van der Waals surface area contributed by atoms with Crippen LogP contribution in [0, 0.1) is 0 Å². The topological polar surface area (TPSA) is 41.1 Å². The number of thioether (sulfide) groups is 1. The van der Waals surface area contributed by atoms with E-state index in [1.54, 1.807) is 11.8 Å². The Kier molecular flexibility index (Phi) is 6.22. The van der Waals surface area contributed by atoms with Gasteiger partial charge < -0.3 is 10.6 Å². The number of nitrogens with one attached hydrogen (secondary N) is 2. The van der Waals surface area contributed by atoms with Crippen LogP contribution >= 0.6 is 11.8 Å². The first-order valence-corrected chi connectivity index (χ1v) is 7.21. The number of rotatable bonds is 6. The third-order valence-corrected chi connectivity index (χ3v) is 3.60. The Hall–Kier alpha value is -1.00. The summed E-state index contributed by atoms with van der Waals surface area (Å²) < 4.78 is 0. The molecule has 1 atom stereocenters. The van der Waals surface area contributed by atoms with Crippen molar-refractivity contribution < 1.29 is 4.79 Å². The molecule has 0 aliphatic rings. The van der Waals surface area contributed by atoms with Crippen LogP contribution in [0.1, 0.15) is 32.4 Å². The van der Waals surface area contributed by atoms with Gasteiger partial charge in [-0.2, -0.15) is 0 Å². The molecule has 0 saturated carbocycles. The summed E-state index contributed by atoms with van der Waals surface area (Å²) in [6.45, 7) is 6.06. The molecule has 0 radical (unpaired) electrons. The van der Waals surface area contributed by atoms with Gasteiger partial charge in [-0.25, -0.2) is 0 Å². The Morgan fingerprint density at radius 2 is 2.06 bits per heavy atom. The summed E-state index contributed by atoms with van der Waals surface area (Å²) in [6, 6.07) is 8.84. The summed E-state index contributed by atoms with van der Waals surface area (Å²) in [6.07, 6.45) is 0. The van der Waals surface area contributed by atoms with E-state index in [4.69, 9.17) is 0 Å². The summed E-state index contributed by atoms with van der Waals surface area (Å²) in [7, 11) is 1.95. The number of benzene rings is 1. The molecular formula is C14H22N2OS. The average molecular weight is 266 g/mol. The highest BCUT2D eigenvalue weighted by Gasteiger charge is 2.06. The van der Waals surface area contributed by atoms with Crippen LogP contribution in [-0.2, 0) is 4.79 Å². The van der Waals surface area contributed by atoms with Gasteiger partial charge in [-0.3, -0.25) is 4.79 Å². The van der Waals surface area contributed by atoms with Gasteiger partial charge in [0.25, 0.3) is 0 Å². The fourth-order valence-electron chi connectivity index (χ4n) is 1.55. The first kappa shape index (κ1) is 15.1. The molecule has 0 fully saturated rings. The number of hydrogen-bond acceptors (Lipinski definition) is 3. The van der Waals surface area contributed by atoms with Crippen molar-refractivity contribution in [2.24, 2.45) is 0 Å². The summed E-state index contributed by atoms with van der Waals surface area (Å²) in [5, 5.41) is 6.10. The quantitative estimate of drug-likeness (QED) is 0.778. The van der Waals surface area contributed by atoms with Gasteiger partial charge in [0.2, 0.25) is 5.91 Å². The predicted molar refractivity (Wildman–Crippen MR) is 77.9 cm³/mol. The van der Waals surface area contributed by atoms with Gasteiger partial charge in [0.1, 0.15) is 0 Å². The normalized spacial score (nSPS) is 12.5. The van der Waals surface area contributed by atoms with Crippen molar-refractivity contribution >= 4 is 17.7 Å². The number of hydrogen-bond donors (Lipinski definition) is 2. The molecule has 0 aliphatic carbocycles. The van der Waals surface area contributed by atoms with Crippen molar-refractivity contribution in [3.05, 3.63) is 29.8 Å². The molecule has 1 aromatic rings. The summed E-state index contributed by atoms with van der Waals surface area (Å²) in [5.74, 6) is 0.553. The summed E-state index contributed by atoms with van der Waals surface area (Å²) in [4.78, 5) is 12.7. The van der Waals surface area contributed by atoms with Crippen molar-refractivity contribution in [1.82, 2.24) is 10.6 Å². The largest absolute Gasteiger partial charge is 0.353 e. The third-order valence-electron chi connectivity index (χ3n) is 2.61. The van der Waals surface area contributed by atoms with Gasteiger partial charge >= 0.3 is 0 Å². The molecule has 1 unspecified atom stereocenters. The third kappa shape index (κ3) is 5.10. The molecule has 0 aliphatic heterocycles. The monoisotopic (exact) mass is 266 g/mol. The Bertz CT molecular complexity index is 393. The van der Waals surface area contributed by atoms with Crippen molar-refractivity contribution in [2.75, 3.05) is 12.8 Å². The lowest BCUT2D eigenvalue weighted by atomic mass is 10.1. The average Bonchev–Trinajstić information content (AvgIpc) is 2.35. The molecule has 1 amide bonds. The summed E-state index contributed by atoms with van der Waals surface area (Å²) in [5.41, 5.74) is 1.24. The molecule has 0 spiro atoms. The van der Waals surface area contributed by atoms with Gasteiger partial charge in [0, 0.05) is 17.0 Å². The zero-order chi connectivity index (χ0) is 13.5. The van der Waals surface area contributed by atoms with E-state index in [1.807, 2.05) is 33.0 Å². The second kappa shape index (κ2) is 7.44. The Morgan fingerprint density at radius 1 is 1.33 bits per heavy atom. The molecule has 18 heavy (non-hydrogen) atoms. The first-order valence-electron chi connectivity index (χ1n) is 6.22. The highest BCUT2D eigenvalue weighted by atomic mass is 32.2. The fraction of sp³-hybridized carbons (Fsp3) is 0.500. The smallest absolute Gasteiger partial charge is 0.230 e. The number of carbonyl (C=O) groups excluding carboxylic acids is 1. The molecule has 4 heteroatoms. The van der Waals surface area contributed by atoms with Crippen LogP contribution in [0.25, 0.3) is 0 Å². The van der Waals surface area contributed by atoms with E-state index in [1.165, 1.54) is 5.56 Å². The highest BCUT2D eigenvalue weighted by Crippen LogP contribution is 2.22. The molecule has 3 nitrogen and oxygen atoms in total. The maximum atomic E-state index is 11.6. The van der Waals surface area contributed by atoms with E-state index >= 15 is 0 Å². The minimum atomic E-state index is 0.0852. The predicted octanol–water partition coefficient (Wildman–Crippen LogP) is 2.58. The maximum absolute atomic E-state index is 11.6. The van der Waals surface area contributed by atoms with Gasteiger partial charge in [-0.15, -0.1) is 11.8 Å². The van der Waals surface area contributed by atoms with E-state index in [2.05, 4.69) is 29.7 Å². The highest BCUT2D eigenvalue weighted by molar-refractivity contribution is 8.00. The molecule has 1 aromatic carbocycles. The van der Waals surface area contributed by atoms with E-state index in [0.717, 1.165) is 4.90 Å². The molecule has 0 aromatic heterocycles. The van der Waals surface area contributed by atoms with Crippen LogP contribution in [0.15, 0.2) is 29.2 Å². The van der Waals surface area contributed by atoms with Crippen molar-refractivity contribution in [1.29, 1.82) is 0 Å². The van der Waals surface area contributed by atoms with E-state index in [0.29, 0.717) is 11.8 Å². The van der Waals surface area contributed by atoms with Crippen LogP contribution in [0.5, 0.6) is 0 Å². The molecule has 0 saturated heterocycles. The maximum Gasteiger partial charge on any atom is 0.230 e. The Balaban J connectivity index is 2.55. The van der Waals surface area contributed by atoms with Crippen molar-refractivity contribution in [3.63, 3.8) is 0 Å². The van der Waals surface area contributed by atoms with E-state index in [-0.39, 0.29) is 11.9 Å². The first-order chi connectivity index (χ1) is 8.52. The lowest BCUT2D eigenvalue weighted by Gasteiger charge is -2.12. The Morgan fingerprint density at radius 3 is 2.67 bits per heavy atom. The number of amides is 1. The van der Waals surface area contributed by atoms with Gasteiger partial charge in [-0.05, 0) is 45.5 Å². The van der Waals surface area contributed by atoms with Gasteiger partial charge in [-0.1, -0.05) is 12.1 Å². The molecule has 100 valence electrons. The molecule has 0 heterocycles. The molecule has 0 bridgehead atoms. The second-order valence-corrected chi connectivity index (χ2v) is 5.64. The fourth-order valence-corrected chi connectivity index (χ4v) is 2.33. The van der Waals surface area contributed by atoms with E-state index in [9.17, 15) is 4.79 Å². The summed E-state index contributed by atoms with van der Waals surface area (Å²) >= 11 is 1.57. The number of carbonyl (C=O) groups is 1. The van der Waals surface area contributed by atoms with Crippen LogP contribution in [0.2, 0.25) is 0 Å². The van der Waals surface area contributed by atoms with Crippen LogP contribution < -0.4 is 10.6 Å².